The van der Waals surface area contributed by atoms with Crippen LogP contribution < -0.4 is 15.0 Å². The van der Waals surface area contributed by atoms with E-state index in [-0.39, 0.29) is 35.4 Å². The SMILES string of the molecule is C=CC(=O)N1CCN(c2cc(C(=O)Nc3c(O)cccc3F)nc(OC[C@@H]3CCCN3C)n2)[C@@H](C)C1. The number of aromatic nitrogens is 2. The Kier molecular flexibility index (Phi) is 7.68. The van der Waals surface area contributed by atoms with Gasteiger partial charge in [0.25, 0.3) is 5.91 Å². The number of likely N-dealkylation sites (tertiary alicyclic amines) is 1. The fourth-order valence-corrected chi connectivity index (χ4v) is 4.54. The van der Waals surface area contributed by atoms with E-state index in [9.17, 15) is 19.1 Å². The summed E-state index contributed by atoms with van der Waals surface area (Å²) < 4.78 is 20.1. The average Bonchev–Trinajstić information content (AvgIpc) is 3.28. The number of amides is 2. The van der Waals surface area contributed by atoms with E-state index in [0.717, 1.165) is 25.5 Å². The molecule has 2 amide bonds. The lowest BCUT2D eigenvalue weighted by Crippen LogP contribution is -2.53. The van der Waals surface area contributed by atoms with Gasteiger partial charge in [-0.3, -0.25) is 9.59 Å². The van der Waals surface area contributed by atoms with E-state index in [4.69, 9.17) is 4.74 Å². The molecule has 1 aromatic heterocycles. The topological polar surface area (TPSA) is 111 Å². The van der Waals surface area contributed by atoms with Crippen LogP contribution in [0.25, 0.3) is 0 Å². The van der Waals surface area contributed by atoms with Gasteiger partial charge in [-0.2, -0.15) is 9.97 Å². The molecular weight excluding hydrogens is 467 g/mol. The number of rotatable bonds is 7. The van der Waals surface area contributed by atoms with Crippen molar-refractivity contribution in [3.05, 3.63) is 48.4 Å². The number of ether oxygens (including phenoxy) is 1. The zero-order chi connectivity index (χ0) is 25.8. The summed E-state index contributed by atoms with van der Waals surface area (Å²) in [4.78, 5) is 39.8. The fraction of sp³-hybridized carbons (Fsp3) is 0.440. The summed E-state index contributed by atoms with van der Waals surface area (Å²) in [6, 6.07) is 5.42. The van der Waals surface area contributed by atoms with Crippen LogP contribution in [0.4, 0.5) is 15.9 Å². The number of anilines is 2. The quantitative estimate of drug-likeness (QED) is 0.442. The first kappa shape index (κ1) is 25.4. The molecule has 2 N–H and O–H groups in total. The predicted molar refractivity (Wildman–Crippen MR) is 133 cm³/mol. The van der Waals surface area contributed by atoms with E-state index in [1.165, 1.54) is 24.3 Å². The highest BCUT2D eigenvalue weighted by molar-refractivity contribution is 6.04. The number of carbonyl (C=O) groups is 2. The molecule has 0 bridgehead atoms. The van der Waals surface area contributed by atoms with Crippen molar-refractivity contribution in [3.8, 4) is 11.8 Å². The van der Waals surface area contributed by atoms with Crippen LogP contribution in [0.5, 0.6) is 11.8 Å². The second kappa shape index (κ2) is 10.9. The van der Waals surface area contributed by atoms with Gasteiger partial charge in [0.2, 0.25) is 5.91 Å². The van der Waals surface area contributed by atoms with Crippen molar-refractivity contribution in [2.24, 2.45) is 0 Å². The summed E-state index contributed by atoms with van der Waals surface area (Å²) in [7, 11) is 2.03. The van der Waals surface area contributed by atoms with E-state index in [2.05, 4.69) is 26.8 Å². The van der Waals surface area contributed by atoms with Crippen LogP contribution in [0.2, 0.25) is 0 Å². The number of halogens is 1. The van der Waals surface area contributed by atoms with Gasteiger partial charge in [-0.1, -0.05) is 12.6 Å². The van der Waals surface area contributed by atoms with Gasteiger partial charge in [0.05, 0.1) is 0 Å². The maximum atomic E-state index is 14.2. The first-order valence-electron chi connectivity index (χ1n) is 12.0. The molecule has 4 rings (SSSR count). The van der Waals surface area contributed by atoms with Crippen molar-refractivity contribution in [2.75, 3.05) is 50.1 Å². The average molecular weight is 499 g/mol. The molecule has 2 aliphatic rings. The Morgan fingerprint density at radius 3 is 2.78 bits per heavy atom. The third-order valence-corrected chi connectivity index (χ3v) is 6.64. The van der Waals surface area contributed by atoms with Gasteiger partial charge in [0, 0.05) is 37.8 Å². The Morgan fingerprint density at radius 1 is 1.31 bits per heavy atom. The molecule has 0 radical (unpaired) electrons. The molecule has 0 spiro atoms. The second-order valence-electron chi connectivity index (χ2n) is 9.10. The van der Waals surface area contributed by atoms with Gasteiger partial charge in [-0.15, -0.1) is 0 Å². The minimum atomic E-state index is -0.769. The number of phenols is 1. The zero-order valence-corrected chi connectivity index (χ0v) is 20.5. The van der Waals surface area contributed by atoms with Crippen LogP contribution in [-0.4, -0.2) is 88.6 Å². The number of hydrogen-bond donors (Lipinski definition) is 2. The van der Waals surface area contributed by atoms with Crippen LogP contribution in [0, 0.1) is 5.82 Å². The maximum Gasteiger partial charge on any atom is 0.319 e. The molecular formula is C25H31FN6O4. The molecule has 2 fully saturated rings. The summed E-state index contributed by atoms with van der Waals surface area (Å²) in [6.45, 7) is 8.27. The summed E-state index contributed by atoms with van der Waals surface area (Å²) >= 11 is 0. The number of piperazine rings is 1. The van der Waals surface area contributed by atoms with Crippen LogP contribution in [0.1, 0.15) is 30.3 Å². The smallest absolute Gasteiger partial charge is 0.319 e. The van der Waals surface area contributed by atoms with E-state index < -0.39 is 17.5 Å². The molecule has 10 nitrogen and oxygen atoms in total. The second-order valence-corrected chi connectivity index (χ2v) is 9.10. The van der Waals surface area contributed by atoms with Crippen molar-refractivity contribution in [1.29, 1.82) is 0 Å². The number of aromatic hydroxyl groups is 1. The minimum Gasteiger partial charge on any atom is -0.506 e. The molecule has 0 aliphatic carbocycles. The number of hydrogen-bond acceptors (Lipinski definition) is 8. The number of benzene rings is 1. The molecule has 2 aromatic rings. The third-order valence-electron chi connectivity index (χ3n) is 6.64. The van der Waals surface area contributed by atoms with E-state index in [0.29, 0.717) is 32.1 Å². The Bertz CT molecular complexity index is 1130. The van der Waals surface area contributed by atoms with E-state index >= 15 is 0 Å². The molecule has 1 aromatic carbocycles. The zero-order valence-electron chi connectivity index (χ0n) is 20.5. The summed E-state index contributed by atoms with van der Waals surface area (Å²) in [6.07, 6.45) is 3.36. The number of nitrogens with zero attached hydrogens (tertiary/aromatic N) is 5. The van der Waals surface area contributed by atoms with Gasteiger partial charge in [-0.25, -0.2) is 4.39 Å². The van der Waals surface area contributed by atoms with Gasteiger partial charge in [-0.05, 0) is 51.6 Å². The van der Waals surface area contributed by atoms with Gasteiger partial charge in [0.1, 0.15) is 29.6 Å². The van der Waals surface area contributed by atoms with Crippen molar-refractivity contribution in [3.63, 3.8) is 0 Å². The van der Waals surface area contributed by atoms with Gasteiger partial charge in [0.15, 0.2) is 5.82 Å². The first-order chi connectivity index (χ1) is 17.3. The maximum absolute atomic E-state index is 14.2. The molecule has 0 unspecified atom stereocenters. The molecule has 2 aliphatic heterocycles. The van der Waals surface area contributed by atoms with Crippen molar-refractivity contribution >= 4 is 23.3 Å². The highest BCUT2D eigenvalue weighted by Gasteiger charge is 2.29. The molecule has 11 heteroatoms. The number of likely N-dealkylation sites (N-methyl/N-ethyl adjacent to an activating group) is 1. The number of para-hydroxylation sites is 1. The lowest BCUT2D eigenvalue weighted by Gasteiger charge is -2.40. The van der Waals surface area contributed by atoms with Crippen LogP contribution in [0.3, 0.4) is 0 Å². The predicted octanol–water partition coefficient (Wildman–Crippen LogP) is 2.27. The van der Waals surface area contributed by atoms with Crippen LogP contribution in [-0.2, 0) is 4.79 Å². The molecule has 0 saturated carbocycles. The molecule has 3 heterocycles. The number of phenolic OH excluding ortho intramolecular Hbond substituents is 1. The third kappa shape index (κ3) is 5.56. The van der Waals surface area contributed by atoms with E-state index in [1.807, 2.05) is 18.9 Å². The van der Waals surface area contributed by atoms with Gasteiger partial charge >= 0.3 is 6.01 Å². The highest BCUT2D eigenvalue weighted by Crippen LogP contribution is 2.28. The largest absolute Gasteiger partial charge is 0.506 e. The number of nitrogens with one attached hydrogen (secondary N) is 1. The van der Waals surface area contributed by atoms with Crippen molar-refractivity contribution < 1.29 is 23.8 Å². The Morgan fingerprint density at radius 2 is 2.11 bits per heavy atom. The van der Waals surface area contributed by atoms with Crippen LogP contribution in [0.15, 0.2) is 36.9 Å². The summed E-state index contributed by atoms with van der Waals surface area (Å²) in [5.74, 6) is -1.56. The Balaban J connectivity index is 1.60. The number of carbonyl (C=O) groups excluding carboxylic acids is 2. The molecule has 192 valence electrons. The van der Waals surface area contributed by atoms with E-state index in [1.54, 1.807) is 4.90 Å². The monoisotopic (exact) mass is 498 g/mol. The van der Waals surface area contributed by atoms with Crippen molar-refractivity contribution in [1.82, 2.24) is 19.8 Å². The Labute approximate surface area is 209 Å². The first-order valence-corrected chi connectivity index (χ1v) is 12.0. The lowest BCUT2D eigenvalue weighted by molar-refractivity contribution is -0.126. The standard InChI is InChI=1S/C25H31FN6O4/c1-4-22(34)31-11-12-32(16(2)14-31)21-13-19(24(35)29-23-18(26)8-5-9-20(23)33)27-25(28-21)36-15-17-7-6-10-30(17)3/h4-5,8-9,13,16-17,33H,1,6-7,10-12,14-15H2,2-3H3,(H,29,35)/t16-,17-/m0/s1. The molecule has 36 heavy (non-hydrogen) atoms. The minimum absolute atomic E-state index is 0.0331. The Hall–Kier alpha value is -3.73. The van der Waals surface area contributed by atoms with Crippen LogP contribution >= 0.6 is 0 Å². The lowest BCUT2D eigenvalue weighted by atomic mass is 10.1. The normalized spacial score (nSPS) is 20.3. The summed E-state index contributed by atoms with van der Waals surface area (Å²) in [5, 5.41) is 12.4. The highest BCUT2D eigenvalue weighted by atomic mass is 19.1. The van der Waals surface area contributed by atoms with Crippen molar-refractivity contribution in [2.45, 2.75) is 31.8 Å². The fourth-order valence-electron chi connectivity index (χ4n) is 4.54. The molecule has 2 atom stereocenters. The van der Waals surface area contributed by atoms with Gasteiger partial charge < -0.3 is 29.9 Å². The molecule has 2 saturated heterocycles. The summed E-state index contributed by atoms with van der Waals surface area (Å²) in [5.41, 5.74) is -0.364.